The number of benzene rings is 1. The topological polar surface area (TPSA) is 21.3 Å². The Labute approximate surface area is 136 Å². The third-order valence-electron chi connectivity index (χ3n) is 3.43. The van der Waals surface area contributed by atoms with Crippen molar-refractivity contribution >= 4 is 22.9 Å². The van der Waals surface area contributed by atoms with Crippen molar-refractivity contribution in [3.8, 4) is 5.75 Å². The zero-order valence-electron chi connectivity index (χ0n) is 12.8. The van der Waals surface area contributed by atoms with Crippen molar-refractivity contribution in [3.05, 3.63) is 50.7 Å². The minimum Gasteiger partial charge on any atom is -0.497 e. The Kier molecular flexibility index (Phi) is 6.09. The molecule has 0 amide bonds. The van der Waals surface area contributed by atoms with Gasteiger partial charge in [-0.2, -0.15) is 0 Å². The molecule has 2 aromatic rings. The Balaban J connectivity index is 2.19. The average molecular weight is 324 g/mol. The Hall–Kier alpha value is -1.03. The van der Waals surface area contributed by atoms with Crippen LogP contribution in [0.4, 0.5) is 0 Å². The van der Waals surface area contributed by atoms with E-state index in [1.54, 1.807) is 18.4 Å². The summed E-state index contributed by atoms with van der Waals surface area (Å²) in [6, 6.07) is 10.8. The van der Waals surface area contributed by atoms with Crippen LogP contribution in [0.15, 0.2) is 30.3 Å². The molecular weight excluding hydrogens is 302 g/mol. The molecule has 2 nitrogen and oxygen atoms in total. The van der Waals surface area contributed by atoms with Gasteiger partial charge < -0.3 is 10.1 Å². The number of ether oxygens (including phenoxy) is 1. The highest BCUT2D eigenvalue weighted by Gasteiger charge is 2.15. The molecule has 0 aliphatic carbocycles. The van der Waals surface area contributed by atoms with Gasteiger partial charge in [-0.1, -0.05) is 30.7 Å². The van der Waals surface area contributed by atoms with Crippen LogP contribution in [0.2, 0.25) is 4.34 Å². The number of nitrogens with one attached hydrogen (secondary N) is 1. The molecule has 2 rings (SSSR count). The van der Waals surface area contributed by atoms with E-state index in [9.17, 15) is 0 Å². The van der Waals surface area contributed by atoms with Gasteiger partial charge in [0.25, 0.3) is 0 Å². The quantitative estimate of drug-likeness (QED) is 0.774. The Bertz CT molecular complexity index is 562. The number of rotatable bonds is 7. The second-order valence-electron chi connectivity index (χ2n) is 5.17. The second-order valence-corrected chi connectivity index (χ2v) is 6.85. The van der Waals surface area contributed by atoms with E-state index < -0.39 is 0 Å². The Morgan fingerprint density at radius 2 is 2.14 bits per heavy atom. The van der Waals surface area contributed by atoms with Gasteiger partial charge in [-0.25, -0.2) is 0 Å². The maximum Gasteiger partial charge on any atom is 0.119 e. The molecule has 1 heterocycles. The standard InChI is InChI=1S/C17H22ClNOS/c1-4-8-19-15(16-9-12(2)17(18)21-16)11-13-6-5-7-14(10-13)20-3/h5-7,9-10,15,19H,4,8,11H2,1-3H3. The Morgan fingerprint density at radius 1 is 1.33 bits per heavy atom. The molecule has 21 heavy (non-hydrogen) atoms. The summed E-state index contributed by atoms with van der Waals surface area (Å²) in [4.78, 5) is 1.30. The first-order valence-corrected chi connectivity index (χ1v) is 8.45. The average Bonchev–Trinajstić information content (AvgIpc) is 2.83. The first-order chi connectivity index (χ1) is 10.1. The van der Waals surface area contributed by atoms with Crippen LogP contribution in [-0.4, -0.2) is 13.7 Å². The molecule has 0 fully saturated rings. The van der Waals surface area contributed by atoms with Crippen molar-refractivity contribution in [1.82, 2.24) is 5.32 Å². The smallest absolute Gasteiger partial charge is 0.119 e. The maximum atomic E-state index is 6.23. The normalized spacial score (nSPS) is 12.4. The van der Waals surface area contributed by atoms with E-state index in [2.05, 4.69) is 37.4 Å². The molecule has 0 aliphatic rings. The van der Waals surface area contributed by atoms with Crippen molar-refractivity contribution in [3.63, 3.8) is 0 Å². The summed E-state index contributed by atoms with van der Waals surface area (Å²) in [5, 5.41) is 3.62. The fourth-order valence-electron chi connectivity index (χ4n) is 2.28. The van der Waals surface area contributed by atoms with Gasteiger partial charge in [0, 0.05) is 10.9 Å². The molecule has 1 unspecified atom stereocenters. The number of halogens is 1. The number of thiophene rings is 1. The lowest BCUT2D eigenvalue weighted by atomic mass is 10.0. The van der Waals surface area contributed by atoms with Crippen molar-refractivity contribution in [2.24, 2.45) is 0 Å². The third-order valence-corrected chi connectivity index (χ3v) is 5.10. The van der Waals surface area contributed by atoms with E-state index in [4.69, 9.17) is 16.3 Å². The van der Waals surface area contributed by atoms with Crippen molar-refractivity contribution in [2.75, 3.05) is 13.7 Å². The second kappa shape index (κ2) is 7.83. The van der Waals surface area contributed by atoms with Crippen LogP contribution < -0.4 is 10.1 Å². The fourth-order valence-corrected chi connectivity index (χ4v) is 3.58. The molecule has 114 valence electrons. The van der Waals surface area contributed by atoms with Crippen molar-refractivity contribution in [2.45, 2.75) is 32.7 Å². The molecule has 0 spiro atoms. The number of methoxy groups -OCH3 is 1. The first kappa shape index (κ1) is 16.3. The molecule has 0 aliphatic heterocycles. The molecule has 1 aromatic heterocycles. The lowest BCUT2D eigenvalue weighted by Gasteiger charge is -2.17. The molecule has 1 aromatic carbocycles. The van der Waals surface area contributed by atoms with Gasteiger partial charge in [0.15, 0.2) is 0 Å². The van der Waals surface area contributed by atoms with Gasteiger partial charge in [0.05, 0.1) is 11.4 Å². The molecular formula is C17H22ClNOS. The predicted octanol–water partition coefficient (Wildman–Crippen LogP) is 5.00. The van der Waals surface area contributed by atoms with E-state index in [-0.39, 0.29) is 0 Å². The van der Waals surface area contributed by atoms with E-state index >= 15 is 0 Å². The molecule has 0 bridgehead atoms. The molecule has 0 saturated carbocycles. The summed E-state index contributed by atoms with van der Waals surface area (Å²) < 4.78 is 6.20. The van der Waals surface area contributed by atoms with Crippen LogP contribution in [0.25, 0.3) is 0 Å². The highest BCUT2D eigenvalue weighted by molar-refractivity contribution is 7.16. The van der Waals surface area contributed by atoms with E-state index in [1.807, 2.05) is 12.1 Å². The molecule has 1 N–H and O–H groups in total. The molecule has 4 heteroatoms. The summed E-state index contributed by atoms with van der Waals surface area (Å²) in [6.45, 7) is 5.25. The van der Waals surface area contributed by atoms with Gasteiger partial charge in [-0.15, -0.1) is 11.3 Å². The van der Waals surface area contributed by atoms with E-state index in [1.165, 1.54) is 10.4 Å². The van der Waals surface area contributed by atoms with Gasteiger partial charge in [-0.3, -0.25) is 0 Å². The summed E-state index contributed by atoms with van der Waals surface area (Å²) in [5.41, 5.74) is 2.43. The van der Waals surface area contributed by atoms with Crippen LogP contribution in [-0.2, 0) is 6.42 Å². The van der Waals surface area contributed by atoms with Crippen LogP contribution in [0.5, 0.6) is 5.75 Å². The summed E-state index contributed by atoms with van der Waals surface area (Å²) in [5.74, 6) is 0.905. The first-order valence-electron chi connectivity index (χ1n) is 7.26. The summed E-state index contributed by atoms with van der Waals surface area (Å²) >= 11 is 7.90. The Morgan fingerprint density at radius 3 is 2.76 bits per heavy atom. The van der Waals surface area contributed by atoms with Crippen LogP contribution >= 0.6 is 22.9 Å². The lowest BCUT2D eigenvalue weighted by Crippen LogP contribution is -2.23. The number of aryl methyl sites for hydroxylation is 1. The minimum atomic E-state index is 0.299. The molecule has 1 atom stereocenters. The highest BCUT2D eigenvalue weighted by Crippen LogP contribution is 2.33. The fraction of sp³-hybridized carbons (Fsp3) is 0.412. The largest absolute Gasteiger partial charge is 0.497 e. The summed E-state index contributed by atoms with van der Waals surface area (Å²) in [6.07, 6.45) is 2.06. The van der Waals surface area contributed by atoms with Crippen LogP contribution in [0.3, 0.4) is 0 Å². The molecule has 0 saturated heterocycles. The number of hydrogen-bond acceptors (Lipinski definition) is 3. The van der Waals surface area contributed by atoms with Gasteiger partial charge in [0.1, 0.15) is 5.75 Å². The number of hydrogen-bond donors (Lipinski definition) is 1. The monoisotopic (exact) mass is 323 g/mol. The third kappa shape index (κ3) is 4.47. The molecule has 0 radical (unpaired) electrons. The van der Waals surface area contributed by atoms with Crippen LogP contribution in [0, 0.1) is 6.92 Å². The van der Waals surface area contributed by atoms with E-state index in [0.717, 1.165) is 35.0 Å². The van der Waals surface area contributed by atoms with Gasteiger partial charge in [0.2, 0.25) is 0 Å². The SMILES string of the molecule is CCCNC(Cc1cccc(OC)c1)c1cc(C)c(Cl)s1. The zero-order chi connectivity index (χ0) is 15.2. The van der Waals surface area contributed by atoms with Gasteiger partial charge >= 0.3 is 0 Å². The van der Waals surface area contributed by atoms with Gasteiger partial charge in [-0.05, 0) is 55.6 Å². The summed E-state index contributed by atoms with van der Waals surface area (Å²) in [7, 11) is 1.70. The van der Waals surface area contributed by atoms with Crippen molar-refractivity contribution < 1.29 is 4.74 Å². The maximum absolute atomic E-state index is 6.23. The zero-order valence-corrected chi connectivity index (χ0v) is 14.4. The van der Waals surface area contributed by atoms with Crippen molar-refractivity contribution in [1.29, 1.82) is 0 Å². The van der Waals surface area contributed by atoms with Crippen LogP contribution in [0.1, 0.15) is 35.4 Å². The predicted molar refractivity (Wildman–Crippen MR) is 91.8 cm³/mol. The minimum absolute atomic E-state index is 0.299. The highest BCUT2D eigenvalue weighted by atomic mass is 35.5. The van der Waals surface area contributed by atoms with E-state index in [0.29, 0.717) is 6.04 Å². The lowest BCUT2D eigenvalue weighted by molar-refractivity contribution is 0.414.